The average molecular weight is 341 g/mol. The molecule has 0 aliphatic carbocycles. The van der Waals surface area contributed by atoms with Crippen LogP contribution in [0.1, 0.15) is 32.1 Å². The summed E-state index contributed by atoms with van der Waals surface area (Å²) in [4.78, 5) is 16.8. The van der Waals surface area contributed by atoms with E-state index in [-0.39, 0.29) is 11.5 Å². The lowest BCUT2D eigenvalue weighted by molar-refractivity contribution is -0.161. The molecule has 4 rings (SSSR count). The van der Waals surface area contributed by atoms with Gasteiger partial charge in [0.15, 0.2) is 0 Å². The quantitative estimate of drug-likeness (QED) is 0.891. The van der Waals surface area contributed by atoms with Gasteiger partial charge in [0.05, 0.1) is 17.0 Å². The van der Waals surface area contributed by atoms with E-state index in [0.717, 1.165) is 50.9 Å². The molecule has 1 aromatic heterocycles. The number of rotatable bonds is 3. The van der Waals surface area contributed by atoms with Gasteiger partial charge in [-0.2, -0.15) is 5.10 Å². The zero-order valence-corrected chi connectivity index (χ0v) is 14.1. The third kappa shape index (κ3) is 3.43. The summed E-state index contributed by atoms with van der Waals surface area (Å²) in [7, 11) is 0. The Morgan fingerprint density at radius 2 is 2.12 bits per heavy atom. The molecule has 2 aliphatic heterocycles. The molecule has 1 aromatic carbocycles. The van der Waals surface area contributed by atoms with Crippen LogP contribution in [0.25, 0.3) is 5.69 Å². The summed E-state index contributed by atoms with van der Waals surface area (Å²) >= 11 is 0. The summed E-state index contributed by atoms with van der Waals surface area (Å²) in [6, 6.07) is 7.58. The standard InChI is InChI=1S/C18H23N5O2/c24-17(16-6-3-7-18(25-16)8-10-19-11-9-18)22-14-4-1-2-5-15(14)23-13-20-12-21-23/h1-2,4-5,12-13,16,19H,3,6-11H2,(H,22,24). The number of carbonyl (C=O) groups is 1. The predicted octanol–water partition coefficient (Wildman–Crippen LogP) is 1.90. The van der Waals surface area contributed by atoms with Gasteiger partial charge in [-0.1, -0.05) is 12.1 Å². The minimum absolute atomic E-state index is 0.0785. The zero-order chi connectivity index (χ0) is 17.1. The molecule has 132 valence electrons. The number of aromatic nitrogens is 3. The van der Waals surface area contributed by atoms with Crippen LogP contribution in [0.5, 0.6) is 0 Å². The number of amides is 1. The Labute approximate surface area is 146 Å². The highest BCUT2D eigenvalue weighted by Gasteiger charge is 2.40. The molecule has 2 saturated heterocycles. The molecule has 1 spiro atoms. The lowest BCUT2D eigenvalue weighted by atomic mass is 9.83. The zero-order valence-electron chi connectivity index (χ0n) is 14.1. The Kier molecular flexibility index (Phi) is 4.50. The number of piperidine rings is 1. The number of hydrogen-bond acceptors (Lipinski definition) is 5. The number of para-hydroxylation sites is 2. The van der Waals surface area contributed by atoms with Gasteiger partial charge in [-0.25, -0.2) is 9.67 Å². The first kappa shape index (κ1) is 16.2. The number of anilines is 1. The maximum absolute atomic E-state index is 12.8. The number of benzene rings is 1. The van der Waals surface area contributed by atoms with E-state index in [1.54, 1.807) is 11.0 Å². The van der Waals surface area contributed by atoms with E-state index in [1.807, 2.05) is 24.3 Å². The van der Waals surface area contributed by atoms with Crippen molar-refractivity contribution in [3.05, 3.63) is 36.9 Å². The molecular formula is C18H23N5O2. The van der Waals surface area contributed by atoms with Gasteiger partial charge in [-0.05, 0) is 57.3 Å². The second kappa shape index (κ2) is 6.93. The smallest absolute Gasteiger partial charge is 0.253 e. The van der Waals surface area contributed by atoms with Crippen LogP contribution in [0.4, 0.5) is 5.69 Å². The van der Waals surface area contributed by atoms with Crippen LogP contribution in [0.2, 0.25) is 0 Å². The first-order chi connectivity index (χ1) is 12.3. The van der Waals surface area contributed by atoms with Gasteiger partial charge in [0, 0.05) is 0 Å². The topological polar surface area (TPSA) is 81.1 Å². The van der Waals surface area contributed by atoms with Crippen molar-refractivity contribution in [1.29, 1.82) is 0 Å². The minimum Gasteiger partial charge on any atom is -0.362 e. The highest BCUT2D eigenvalue weighted by atomic mass is 16.5. The Morgan fingerprint density at radius 1 is 1.28 bits per heavy atom. The lowest BCUT2D eigenvalue weighted by Crippen LogP contribution is -2.50. The number of nitrogens with zero attached hydrogens (tertiary/aromatic N) is 3. The summed E-state index contributed by atoms with van der Waals surface area (Å²) < 4.78 is 7.94. The maximum Gasteiger partial charge on any atom is 0.253 e. The van der Waals surface area contributed by atoms with Crippen LogP contribution in [0.15, 0.2) is 36.9 Å². The molecule has 1 amide bonds. The fourth-order valence-corrected chi connectivity index (χ4v) is 3.79. The molecule has 7 nitrogen and oxygen atoms in total. The Hall–Kier alpha value is -2.25. The fraction of sp³-hybridized carbons (Fsp3) is 0.500. The molecular weight excluding hydrogens is 318 g/mol. The van der Waals surface area contributed by atoms with Gasteiger partial charge in [0.2, 0.25) is 0 Å². The van der Waals surface area contributed by atoms with Gasteiger partial charge < -0.3 is 15.4 Å². The third-order valence-electron chi connectivity index (χ3n) is 5.13. The van der Waals surface area contributed by atoms with Crippen molar-refractivity contribution in [2.75, 3.05) is 18.4 Å². The molecule has 2 aliphatic rings. The van der Waals surface area contributed by atoms with E-state index >= 15 is 0 Å². The molecule has 0 saturated carbocycles. The minimum atomic E-state index is -0.393. The molecule has 2 N–H and O–H groups in total. The van der Waals surface area contributed by atoms with E-state index in [4.69, 9.17) is 4.74 Å². The first-order valence-electron chi connectivity index (χ1n) is 8.89. The second-order valence-electron chi connectivity index (χ2n) is 6.78. The monoisotopic (exact) mass is 341 g/mol. The Morgan fingerprint density at radius 3 is 2.92 bits per heavy atom. The summed E-state index contributed by atoms with van der Waals surface area (Å²) in [5.74, 6) is -0.0785. The van der Waals surface area contributed by atoms with Crippen molar-refractivity contribution in [2.24, 2.45) is 0 Å². The first-order valence-corrected chi connectivity index (χ1v) is 8.89. The molecule has 7 heteroatoms. The van der Waals surface area contributed by atoms with E-state index in [0.29, 0.717) is 5.69 Å². The summed E-state index contributed by atoms with van der Waals surface area (Å²) in [5, 5.41) is 10.5. The van der Waals surface area contributed by atoms with E-state index in [9.17, 15) is 4.79 Å². The van der Waals surface area contributed by atoms with Crippen molar-refractivity contribution in [3.8, 4) is 5.69 Å². The molecule has 0 radical (unpaired) electrons. The molecule has 1 unspecified atom stereocenters. The molecule has 2 fully saturated rings. The largest absolute Gasteiger partial charge is 0.362 e. The van der Waals surface area contributed by atoms with Crippen LogP contribution in [-0.2, 0) is 9.53 Å². The molecule has 3 heterocycles. The number of ether oxygens (including phenoxy) is 1. The summed E-state index contributed by atoms with van der Waals surface area (Å²) in [6.07, 6.45) is 7.51. The van der Waals surface area contributed by atoms with Gasteiger partial charge in [-0.3, -0.25) is 4.79 Å². The number of carbonyl (C=O) groups excluding carboxylic acids is 1. The number of hydrogen-bond donors (Lipinski definition) is 2. The second-order valence-corrected chi connectivity index (χ2v) is 6.78. The average Bonchev–Trinajstić information content (AvgIpc) is 3.17. The van der Waals surface area contributed by atoms with Crippen LogP contribution in [0, 0.1) is 0 Å². The Bertz CT molecular complexity index is 719. The van der Waals surface area contributed by atoms with Gasteiger partial charge in [-0.15, -0.1) is 0 Å². The van der Waals surface area contributed by atoms with Gasteiger partial charge in [0.25, 0.3) is 5.91 Å². The van der Waals surface area contributed by atoms with Gasteiger partial charge in [0.1, 0.15) is 18.8 Å². The third-order valence-corrected chi connectivity index (χ3v) is 5.13. The summed E-state index contributed by atoms with van der Waals surface area (Å²) in [5.41, 5.74) is 1.38. The molecule has 25 heavy (non-hydrogen) atoms. The fourth-order valence-electron chi connectivity index (χ4n) is 3.79. The van der Waals surface area contributed by atoms with E-state index in [2.05, 4.69) is 20.7 Å². The van der Waals surface area contributed by atoms with Crippen LogP contribution >= 0.6 is 0 Å². The van der Waals surface area contributed by atoms with Crippen LogP contribution in [0.3, 0.4) is 0 Å². The van der Waals surface area contributed by atoms with E-state index in [1.165, 1.54) is 6.33 Å². The molecule has 1 atom stereocenters. The summed E-state index contributed by atoms with van der Waals surface area (Å²) in [6.45, 7) is 1.92. The maximum atomic E-state index is 12.8. The van der Waals surface area contributed by atoms with Crippen LogP contribution < -0.4 is 10.6 Å². The van der Waals surface area contributed by atoms with Crippen molar-refractivity contribution in [2.45, 2.75) is 43.8 Å². The van der Waals surface area contributed by atoms with Gasteiger partial charge >= 0.3 is 0 Å². The Balaban J connectivity index is 1.49. The molecule has 2 aromatic rings. The van der Waals surface area contributed by atoms with E-state index < -0.39 is 6.10 Å². The normalized spacial score (nSPS) is 22.6. The van der Waals surface area contributed by atoms with Crippen LogP contribution in [-0.4, -0.2) is 45.5 Å². The van der Waals surface area contributed by atoms with Crippen molar-refractivity contribution >= 4 is 11.6 Å². The SMILES string of the molecule is O=C(Nc1ccccc1-n1cncn1)C1CCCC2(CCNCC2)O1. The highest BCUT2D eigenvalue weighted by molar-refractivity contribution is 5.96. The lowest BCUT2D eigenvalue weighted by Gasteiger charge is -2.43. The molecule has 0 bridgehead atoms. The van der Waals surface area contributed by atoms with Crippen molar-refractivity contribution in [1.82, 2.24) is 20.1 Å². The van der Waals surface area contributed by atoms with Crippen molar-refractivity contribution < 1.29 is 9.53 Å². The highest BCUT2D eigenvalue weighted by Crippen LogP contribution is 2.36. The van der Waals surface area contributed by atoms with Crippen molar-refractivity contribution in [3.63, 3.8) is 0 Å². The predicted molar refractivity (Wildman–Crippen MR) is 93.5 cm³/mol. The number of nitrogens with one attached hydrogen (secondary N) is 2.